The lowest BCUT2D eigenvalue weighted by molar-refractivity contribution is -0.384. The highest BCUT2D eigenvalue weighted by molar-refractivity contribution is 5.76. The number of nitriles is 1. The largest absolute Gasteiger partial charge is 0.368 e. The Morgan fingerprint density at radius 1 is 1.39 bits per heavy atom. The van der Waals surface area contributed by atoms with Crippen molar-refractivity contribution in [3.63, 3.8) is 0 Å². The van der Waals surface area contributed by atoms with Crippen LogP contribution in [0.1, 0.15) is 18.4 Å². The minimum Gasteiger partial charge on any atom is -0.368 e. The van der Waals surface area contributed by atoms with E-state index >= 15 is 0 Å². The minimum absolute atomic E-state index is 0.0407. The molecule has 2 heterocycles. The summed E-state index contributed by atoms with van der Waals surface area (Å²) in [6.45, 7) is 2.78. The summed E-state index contributed by atoms with van der Waals surface area (Å²) in [5, 5.41) is 23.0. The molecule has 0 spiro atoms. The molecule has 3 rings (SSSR count). The van der Waals surface area contributed by atoms with Crippen molar-refractivity contribution in [2.75, 3.05) is 31.1 Å². The molecule has 23 heavy (non-hydrogen) atoms. The van der Waals surface area contributed by atoms with E-state index in [0.717, 1.165) is 19.4 Å². The molecule has 2 fully saturated rings. The fourth-order valence-corrected chi connectivity index (χ4v) is 3.27. The lowest BCUT2D eigenvalue weighted by Crippen LogP contribution is -2.49. The number of hydrogen-bond acceptors (Lipinski definition) is 5. The summed E-state index contributed by atoms with van der Waals surface area (Å²) >= 11 is 0. The molecular weight excluding hydrogens is 298 g/mol. The lowest BCUT2D eigenvalue weighted by atomic mass is 10.0. The zero-order valence-electron chi connectivity index (χ0n) is 12.6. The third kappa shape index (κ3) is 2.90. The van der Waals surface area contributed by atoms with Gasteiger partial charge in [0, 0.05) is 38.3 Å². The Bertz CT molecular complexity index is 684. The van der Waals surface area contributed by atoms with Gasteiger partial charge in [-0.3, -0.25) is 10.1 Å². The predicted octanol–water partition coefficient (Wildman–Crippen LogP) is 1.46. The van der Waals surface area contributed by atoms with E-state index in [1.54, 1.807) is 6.07 Å². The van der Waals surface area contributed by atoms with Crippen LogP contribution < -0.4 is 10.2 Å². The van der Waals surface area contributed by atoms with E-state index in [1.807, 2.05) is 15.9 Å². The molecule has 2 saturated heterocycles. The molecule has 2 aliphatic rings. The third-order valence-corrected chi connectivity index (χ3v) is 4.38. The van der Waals surface area contributed by atoms with Gasteiger partial charge in [0.1, 0.15) is 6.07 Å². The second-order valence-electron chi connectivity index (χ2n) is 5.74. The maximum atomic E-state index is 11.8. The molecule has 1 aromatic rings. The lowest BCUT2D eigenvalue weighted by Gasteiger charge is -2.38. The van der Waals surface area contributed by atoms with Crippen LogP contribution in [0.4, 0.5) is 16.2 Å². The van der Waals surface area contributed by atoms with E-state index in [-0.39, 0.29) is 17.8 Å². The average molecular weight is 315 g/mol. The number of nitrogens with zero attached hydrogens (tertiary/aromatic N) is 4. The van der Waals surface area contributed by atoms with Crippen LogP contribution >= 0.6 is 0 Å². The van der Waals surface area contributed by atoms with E-state index in [0.29, 0.717) is 30.9 Å². The summed E-state index contributed by atoms with van der Waals surface area (Å²) < 4.78 is 0. The number of carbonyl (C=O) groups is 1. The summed E-state index contributed by atoms with van der Waals surface area (Å²) in [7, 11) is 0. The molecule has 120 valence electrons. The van der Waals surface area contributed by atoms with Crippen LogP contribution in [0.5, 0.6) is 0 Å². The highest BCUT2D eigenvalue weighted by atomic mass is 16.6. The molecule has 2 aliphatic heterocycles. The van der Waals surface area contributed by atoms with Crippen LogP contribution in [0.2, 0.25) is 0 Å². The Balaban J connectivity index is 1.82. The molecule has 2 amide bonds. The summed E-state index contributed by atoms with van der Waals surface area (Å²) in [4.78, 5) is 26.1. The topological polar surface area (TPSA) is 103 Å². The van der Waals surface area contributed by atoms with Crippen molar-refractivity contribution in [1.29, 1.82) is 5.26 Å². The second-order valence-corrected chi connectivity index (χ2v) is 5.74. The monoisotopic (exact) mass is 315 g/mol. The van der Waals surface area contributed by atoms with Gasteiger partial charge in [-0.1, -0.05) is 0 Å². The van der Waals surface area contributed by atoms with Crippen molar-refractivity contribution in [1.82, 2.24) is 10.2 Å². The SMILES string of the molecule is N#Cc1cc([N+](=O)[O-])ccc1N1CCCC(N2CCNC2=O)C1. The van der Waals surface area contributed by atoms with Crippen molar-refractivity contribution in [3.05, 3.63) is 33.9 Å². The summed E-state index contributed by atoms with van der Waals surface area (Å²) in [5.41, 5.74) is 0.908. The first kappa shape index (κ1) is 15.1. The number of nitro benzene ring substituents is 1. The van der Waals surface area contributed by atoms with Crippen molar-refractivity contribution in [3.8, 4) is 6.07 Å². The first-order chi connectivity index (χ1) is 11.1. The number of nitro groups is 1. The highest BCUT2D eigenvalue weighted by Crippen LogP contribution is 2.28. The molecule has 1 N–H and O–H groups in total. The van der Waals surface area contributed by atoms with E-state index < -0.39 is 4.92 Å². The molecule has 0 aromatic heterocycles. The molecule has 1 atom stereocenters. The van der Waals surface area contributed by atoms with Crippen LogP contribution in [0.15, 0.2) is 18.2 Å². The van der Waals surface area contributed by atoms with Gasteiger partial charge in [-0.25, -0.2) is 4.79 Å². The summed E-state index contributed by atoms with van der Waals surface area (Å²) in [5.74, 6) is 0. The molecule has 8 heteroatoms. The number of benzene rings is 1. The third-order valence-electron chi connectivity index (χ3n) is 4.38. The number of urea groups is 1. The van der Waals surface area contributed by atoms with Crippen molar-refractivity contribution >= 4 is 17.4 Å². The maximum absolute atomic E-state index is 11.8. The Hall–Kier alpha value is -2.82. The Morgan fingerprint density at radius 3 is 2.87 bits per heavy atom. The smallest absolute Gasteiger partial charge is 0.317 e. The number of hydrogen-bond donors (Lipinski definition) is 1. The van der Waals surface area contributed by atoms with Gasteiger partial charge in [0.05, 0.1) is 22.2 Å². The number of carbonyl (C=O) groups excluding carboxylic acids is 1. The van der Waals surface area contributed by atoms with Gasteiger partial charge in [0.2, 0.25) is 0 Å². The zero-order valence-corrected chi connectivity index (χ0v) is 12.6. The molecule has 1 unspecified atom stereocenters. The molecule has 0 aliphatic carbocycles. The quantitative estimate of drug-likeness (QED) is 0.672. The Kier molecular flexibility index (Phi) is 4.02. The fraction of sp³-hybridized carbons (Fsp3) is 0.467. The molecule has 0 radical (unpaired) electrons. The van der Waals surface area contributed by atoms with Crippen molar-refractivity contribution in [2.45, 2.75) is 18.9 Å². The number of non-ortho nitro benzene ring substituents is 1. The average Bonchev–Trinajstić information content (AvgIpc) is 3.00. The van der Waals surface area contributed by atoms with Gasteiger partial charge < -0.3 is 15.1 Å². The molecule has 8 nitrogen and oxygen atoms in total. The van der Waals surface area contributed by atoms with E-state index in [9.17, 15) is 20.2 Å². The summed E-state index contributed by atoms with van der Waals surface area (Å²) in [6.07, 6.45) is 1.84. The number of amides is 2. The molecular formula is C15H17N5O3. The van der Waals surface area contributed by atoms with Crippen molar-refractivity contribution in [2.24, 2.45) is 0 Å². The standard InChI is InChI=1S/C15H17N5O3/c16-9-11-8-12(20(22)23)3-4-14(11)18-6-1-2-13(10-18)19-7-5-17-15(19)21/h3-4,8,13H,1-2,5-7,10H2,(H,17,21). The molecule has 0 bridgehead atoms. The van der Waals surface area contributed by atoms with E-state index in [1.165, 1.54) is 12.1 Å². The van der Waals surface area contributed by atoms with Crippen molar-refractivity contribution < 1.29 is 9.72 Å². The summed E-state index contributed by atoms with van der Waals surface area (Å²) in [6, 6.07) is 6.46. The van der Waals surface area contributed by atoms with Crippen LogP contribution in [-0.4, -0.2) is 48.1 Å². The first-order valence-corrected chi connectivity index (χ1v) is 7.58. The number of nitrogens with one attached hydrogen (secondary N) is 1. The predicted molar refractivity (Wildman–Crippen MR) is 83.2 cm³/mol. The van der Waals surface area contributed by atoms with Crippen LogP contribution in [0.3, 0.4) is 0 Å². The van der Waals surface area contributed by atoms with Crippen LogP contribution in [0.25, 0.3) is 0 Å². The van der Waals surface area contributed by atoms with Gasteiger partial charge in [0.15, 0.2) is 0 Å². The van der Waals surface area contributed by atoms with Gasteiger partial charge in [-0.2, -0.15) is 5.26 Å². The first-order valence-electron chi connectivity index (χ1n) is 7.58. The van der Waals surface area contributed by atoms with Gasteiger partial charge in [-0.05, 0) is 18.9 Å². The highest BCUT2D eigenvalue weighted by Gasteiger charge is 2.32. The van der Waals surface area contributed by atoms with Gasteiger partial charge >= 0.3 is 6.03 Å². The molecule has 0 saturated carbocycles. The van der Waals surface area contributed by atoms with Gasteiger partial charge in [-0.15, -0.1) is 0 Å². The van der Waals surface area contributed by atoms with E-state index in [2.05, 4.69) is 5.32 Å². The van der Waals surface area contributed by atoms with E-state index in [4.69, 9.17) is 0 Å². The normalized spacial score (nSPS) is 21.0. The second kappa shape index (κ2) is 6.12. The fourth-order valence-electron chi connectivity index (χ4n) is 3.27. The molecule has 1 aromatic carbocycles. The van der Waals surface area contributed by atoms with Crippen LogP contribution in [0, 0.1) is 21.4 Å². The zero-order chi connectivity index (χ0) is 16.4. The Labute approximate surface area is 133 Å². The minimum atomic E-state index is -0.502. The van der Waals surface area contributed by atoms with Gasteiger partial charge in [0.25, 0.3) is 5.69 Å². The maximum Gasteiger partial charge on any atom is 0.317 e. The Morgan fingerprint density at radius 2 is 2.22 bits per heavy atom. The number of rotatable bonds is 3. The number of anilines is 1. The van der Waals surface area contributed by atoms with Crippen LogP contribution in [-0.2, 0) is 0 Å². The number of piperidine rings is 1.